The standard InChI is InChI=1S/C17H21ClN2O4/c1-17(2,3)24-16(23)19(9-8-18)10-11-20-14(21)12-6-4-5-7-13(12)15(20)22/h4-7H,8-11H2,1-3H3. The molecule has 7 heteroatoms. The number of amides is 3. The van der Waals surface area contributed by atoms with Gasteiger partial charge in [0.2, 0.25) is 0 Å². The Labute approximate surface area is 146 Å². The molecule has 0 radical (unpaired) electrons. The summed E-state index contributed by atoms with van der Waals surface area (Å²) in [7, 11) is 0. The number of imide groups is 1. The Balaban J connectivity index is 2.04. The zero-order valence-electron chi connectivity index (χ0n) is 14.0. The fraction of sp³-hybridized carbons (Fsp3) is 0.471. The van der Waals surface area contributed by atoms with Crippen LogP contribution in [0.25, 0.3) is 0 Å². The van der Waals surface area contributed by atoms with Gasteiger partial charge in [-0.25, -0.2) is 4.79 Å². The molecule has 0 saturated carbocycles. The van der Waals surface area contributed by atoms with E-state index in [1.54, 1.807) is 45.0 Å². The van der Waals surface area contributed by atoms with Gasteiger partial charge in [-0.2, -0.15) is 0 Å². The Morgan fingerprint density at radius 2 is 1.67 bits per heavy atom. The minimum Gasteiger partial charge on any atom is -0.444 e. The summed E-state index contributed by atoms with van der Waals surface area (Å²) >= 11 is 5.74. The third-order valence-corrected chi connectivity index (χ3v) is 3.65. The summed E-state index contributed by atoms with van der Waals surface area (Å²) in [4.78, 5) is 39.4. The molecule has 0 unspecified atom stereocenters. The molecule has 1 aromatic carbocycles. The number of ether oxygens (including phenoxy) is 1. The van der Waals surface area contributed by atoms with Crippen LogP contribution in [0.5, 0.6) is 0 Å². The average molecular weight is 353 g/mol. The Morgan fingerprint density at radius 3 is 2.12 bits per heavy atom. The largest absolute Gasteiger partial charge is 0.444 e. The molecule has 0 saturated heterocycles. The number of fused-ring (bicyclic) bond motifs is 1. The number of carbonyl (C=O) groups is 3. The van der Waals surface area contributed by atoms with Crippen molar-refractivity contribution in [1.29, 1.82) is 0 Å². The number of rotatable bonds is 5. The second kappa shape index (κ2) is 7.21. The van der Waals surface area contributed by atoms with Gasteiger partial charge in [0.15, 0.2) is 0 Å². The summed E-state index contributed by atoms with van der Waals surface area (Å²) in [5.74, 6) is -0.447. The van der Waals surface area contributed by atoms with Crippen LogP contribution in [-0.4, -0.2) is 58.8 Å². The van der Waals surface area contributed by atoms with Gasteiger partial charge in [-0.3, -0.25) is 14.5 Å². The molecule has 0 spiro atoms. The van der Waals surface area contributed by atoms with Crippen molar-refractivity contribution in [2.45, 2.75) is 26.4 Å². The van der Waals surface area contributed by atoms with Crippen LogP contribution in [0.3, 0.4) is 0 Å². The van der Waals surface area contributed by atoms with E-state index >= 15 is 0 Å². The summed E-state index contributed by atoms with van der Waals surface area (Å²) in [5, 5.41) is 0. The number of nitrogens with zero attached hydrogens (tertiary/aromatic N) is 2. The Morgan fingerprint density at radius 1 is 1.12 bits per heavy atom. The van der Waals surface area contributed by atoms with E-state index in [9.17, 15) is 14.4 Å². The van der Waals surface area contributed by atoms with E-state index in [-0.39, 0.29) is 37.3 Å². The lowest BCUT2D eigenvalue weighted by atomic mass is 10.1. The first-order valence-electron chi connectivity index (χ1n) is 7.73. The molecule has 1 aliphatic rings. The van der Waals surface area contributed by atoms with Crippen LogP contribution in [0, 0.1) is 0 Å². The summed E-state index contributed by atoms with van der Waals surface area (Å²) in [6.45, 7) is 5.87. The first kappa shape index (κ1) is 18.3. The van der Waals surface area contributed by atoms with E-state index in [4.69, 9.17) is 16.3 Å². The van der Waals surface area contributed by atoms with Crippen LogP contribution in [0.15, 0.2) is 24.3 Å². The second-order valence-electron chi connectivity index (χ2n) is 6.46. The quantitative estimate of drug-likeness (QED) is 0.603. The highest BCUT2D eigenvalue weighted by Gasteiger charge is 2.35. The van der Waals surface area contributed by atoms with Crippen LogP contribution in [0.2, 0.25) is 0 Å². The van der Waals surface area contributed by atoms with Crippen LogP contribution in [-0.2, 0) is 4.74 Å². The molecule has 0 bridgehead atoms. The zero-order chi connectivity index (χ0) is 17.9. The van der Waals surface area contributed by atoms with Gasteiger partial charge in [0.1, 0.15) is 5.60 Å². The van der Waals surface area contributed by atoms with Gasteiger partial charge in [-0.05, 0) is 32.9 Å². The molecule has 1 aliphatic heterocycles. The number of hydrogen-bond acceptors (Lipinski definition) is 4. The Bertz CT molecular complexity index is 619. The average Bonchev–Trinajstić information content (AvgIpc) is 2.74. The van der Waals surface area contributed by atoms with E-state index in [0.717, 1.165) is 4.90 Å². The number of alkyl halides is 1. The van der Waals surface area contributed by atoms with Crippen molar-refractivity contribution in [3.8, 4) is 0 Å². The molecular weight excluding hydrogens is 332 g/mol. The zero-order valence-corrected chi connectivity index (χ0v) is 14.8. The third-order valence-electron chi connectivity index (χ3n) is 3.48. The lowest BCUT2D eigenvalue weighted by Crippen LogP contribution is -2.43. The van der Waals surface area contributed by atoms with Crippen molar-refractivity contribution in [1.82, 2.24) is 9.80 Å². The van der Waals surface area contributed by atoms with Crippen LogP contribution in [0.1, 0.15) is 41.5 Å². The van der Waals surface area contributed by atoms with Gasteiger partial charge in [0.05, 0.1) is 11.1 Å². The molecule has 1 aromatic rings. The van der Waals surface area contributed by atoms with Crippen LogP contribution >= 0.6 is 11.6 Å². The lowest BCUT2D eigenvalue weighted by Gasteiger charge is -2.28. The van der Waals surface area contributed by atoms with Gasteiger partial charge in [-0.1, -0.05) is 12.1 Å². The Hall–Kier alpha value is -2.08. The highest BCUT2D eigenvalue weighted by molar-refractivity contribution is 6.21. The summed E-state index contributed by atoms with van der Waals surface area (Å²) in [5.41, 5.74) is 0.157. The topological polar surface area (TPSA) is 66.9 Å². The SMILES string of the molecule is CC(C)(C)OC(=O)N(CCCl)CCN1C(=O)c2ccccc2C1=O. The van der Waals surface area contributed by atoms with Gasteiger partial charge in [0.25, 0.3) is 11.8 Å². The molecule has 0 N–H and O–H groups in total. The third kappa shape index (κ3) is 4.06. The Kier molecular flexibility index (Phi) is 5.49. The van der Waals surface area contributed by atoms with Gasteiger partial charge < -0.3 is 9.64 Å². The second-order valence-corrected chi connectivity index (χ2v) is 6.84. The molecule has 3 amide bonds. The molecule has 0 aliphatic carbocycles. The van der Waals surface area contributed by atoms with Crippen molar-refractivity contribution in [2.75, 3.05) is 25.5 Å². The number of carbonyl (C=O) groups excluding carboxylic acids is 3. The van der Waals surface area contributed by atoms with Crippen LogP contribution < -0.4 is 0 Å². The molecule has 0 fully saturated rings. The predicted octanol–water partition coefficient (Wildman–Crippen LogP) is 2.76. The molecule has 130 valence electrons. The number of hydrogen-bond donors (Lipinski definition) is 0. The maximum Gasteiger partial charge on any atom is 0.410 e. The molecule has 0 atom stereocenters. The van der Waals surface area contributed by atoms with Crippen molar-refractivity contribution in [3.05, 3.63) is 35.4 Å². The number of benzene rings is 1. The maximum atomic E-state index is 12.3. The van der Waals surface area contributed by atoms with E-state index in [0.29, 0.717) is 11.1 Å². The smallest absolute Gasteiger partial charge is 0.410 e. The molecule has 1 heterocycles. The molecule has 24 heavy (non-hydrogen) atoms. The van der Waals surface area contributed by atoms with Gasteiger partial charge in [-0.15, -0.1) is 11.6 Å². The van der Waals surface area contributed by atoms with Gasteiger partial charge in [0, 0.05) is 25.5 Å². The lowest BCUT2D eigenvalue weighted by molar-refractivity contribution is 0.0238. The van der Waals surface area contributed by atoms with E-state index in [2.05, 4.69) is 0 Å². The minimum atomic E-state index is -0.628. The summed E-state index contributed by atoms with van der Waals surface area (Å²) < 4.78 is 5.32. The fourth-order valence-corrected chi connectivity index (χ4v) is 2.59. The molecular formula is C17H21ClN2O4. The first-order valence-corrected chi connectivity index (χ1v) is 8.27. The fourth-order valence-electron chi connectivity index (χ4n) is 2.39. The van der Waals surface area contributed by atoms with E-state index in [1.165, 1.54) is 4.90 Å². The normalized spacial score (nSPS) is 13.9. The minimum absolute atomic E-state index is 0.0997. The summed E-state index contributed by atoms with van der Waals surface area (Å²) in [6, 6.07) is 6.68. The highest BCUT2D eigenvalue weighted by Crippen LogP contribution is 2.22. The molecule has 2 rings (SSSR count). The molecule has 0 aromatic heterocycles. The predicted molar refractivity (Wildman–Crippen MR) is 90.3 cm³/mol. The van der Waals surface area contributed by atoms with E-state index < -0.39 is 11.7 Å². The summed E-state index contributed by atoms with van der Waals surface area (Å²) in [6.07, 6.45) is -0.514. The van der Waals surface area contributed by atoms with Crippen molar-refractivity contribution >= 4 is 29.5 Å². The maximum absolute atomic E-state index is 12.3. The van der Waals surface area contributed by atoms with Crippen molar-refractivity contribution < 1.29 is 19.1 Å². The number of halogens is 1. The van der Waals surface area contributed by atoms with Crippen LogP contribution in [0.4, 0.5) is 4.79 Å². The monoisotopic (exact) mass is 352 g/mol. The van der Waals surface area contributed by atoms with E-state index in [1.807, 2.05) is 0 Å². The highest BCUT2D eigenvalue weighted by atomic mass is 35.5. The molecule has 6 nitrogen and oxygen atoms in total. The first-order chi connectivity index (χ1) is 11.2. The van der Waals surface area contributed by atoms with Gasteiger partial charge >= 0.3 is 6.09 Å². The van der Waals surface area contributed by atoms with Crippen molar-refractivity contribution in [3.63, 3.8) is 0 Å². The van der Waals surface area contributed by atoms with Crippen molar-refractivity contribution in [2.24, 2.45) is 0 Å².